The van der Waals surface area contributed by atoms with Crippen molar-refractivity contribution in [2.45, 2.75) is 24.9 Å². The average Bonchev–Trinajstić information content (AvgIpc) is 3.08. The summed E-state index contributed by atoms with van der Waals surface area (Å²) in [5.74, 6) is -2.20. The Balaban J connectivity index is 1.68. The van der Waals surface area contributed by atoms with E-state index >= 15 is 0 Å². The lowest BCUT2D eigenvalue weighted by atomic mass is 10.0. The number of hydrogen-bond donors (Lipinski definition) is 2. The second kappa shape index (κ2) is 7.82. The molecule has 4 heterocycles. The number of halogens is 5. The fraction of sp³-hybridized carbons (Fsp3) is 0.400. The Labute approximate surface area is 170 Å². The minimum Gasteiger partial charge on any atom is -0.350 e. The van der Waals surface area contributed by atoms with E-state index in [-0.39, 0.29) is 24.6 Å². The summed E-state index contributed by atoms with van der Waals surface area (Å²) in [7, 11) is 0. The van der Waals surface area contributed by atoms with Crippen LogP contribution in [0, 0.1) is 0 Å². The fourth-order valence-corrected chi connectivity index (χ4v) is 3.55. The van der Waals surface area contributed by atoms with Gasteiger partial charge in [-0.15, -0.1) is 0 Å². The topological polar surface area (TPSA) is 53.1 Å². The van der Waals surface area contributed by atoms with E-state index < -0.39 is 24.2 Å². The van der Waals surface area contributed by atoms with Crippen LogP contribution in [0.5, 0.6) is 0 Å². The van der Waals surface area contributed by atoms with E-state index in [1.54, 1.807) is 12.1 Å². The number of hydrogen-bond acceptors (Lipinski definition) is 5. The number of pyridine rings is 2. The zero-order chi connectivity index (χ0) is 21.4. The van der Waals surface area contributed by atoms with Gasteiger partial charge in [-0.05, 0) is 48.4 Å². The first kappa shape index (κ1) is 20.5. The molecule has 2 aliphatic rings. The van der Waals surface area contributed by atoms with Crippen molar-refractivity contribution in [1.82, 2.24) is 15.3 Å². The highest BCUT2D eigenvalue weighted by atomic mass is 19.4. The second-order valence-corrected chi connectivity index (χ2v) is 7.36. The van der Waals surface area contributed by atoms with Gasteiger partial charge < -0.3 is 15.5 Å². The predicted molar refractivity (Wildman–Crippen MR) is 104 cm³/mol. The number of anilines is 3. The van der Waals surface area contributed by atoms with Crippen molar-refractivity contribution < 1.29 is 22.0 Å². The Morgan fingerprint density at radius 2 is 1.97 bits per heavy atom. The summed E-state index contributed by atoms with van der Waals surface area (Å²) in [6.45, 7) is 1.19. The van der Waals surface area contributed by atoms with Crippen LogP contribution in [-0.4, -0.2) is 42.1 Å². The van der Waals surface area contributed by atoms with Crippen LogP contribution in [0.2, 0.25) is 0 Å². The predicted octanol–water partition coefficient (Wildman–Crippen LogP) is 4.46. The summed E-state index contributed by atoms with van der Waals surface area (Å²) >= 11 is 0. The zero-order valence-electron chi connectivity index (χ0n) is 15.9. The fourth-order valence-electron chi connectivity index (χ4n) is 3.55. The SMILES string of the molecule is FC1(F)CCN(c2cc(C3=CCNCC3)cc(Nc3cc(C(F)(F)F)ccn3)n2)C1. The molecule has 0 spiro atoms. The van der Waals surface area contributed by atoms with E-state index in [0.29, 0.717) is 12.4 Å². The molecule has 5 nitrogen and oxygen atoms in total. The molecule has 0 aromatic carbocycles. The lowest BCUT2D eigenvalue weighted by Crippen LogP contribution is -2.26. The van der Waals surface area contributed by atoms with E-state index in [2.05, 4.69) is 20.6 Å². The molecule has 160 valence electrons. The number of rotatable bonds is 4. The molecule has 0 saturated carbocycles. The third-order valence-corrected chi connectivity index (χ3v) is 5.08. The van der Waals surface area contributed by atoms with Crippen molar-refractivity contribution in [2.75, 3.05) is 36.4 Å². The number of nitrogens with one attached hydrogen (secondary N) is 2. The van der Waals surface area contributed by atoms with Gasteiger partial charge >= 0.3 is 6.18 Å². The molecule has 2 aromatic heterocycles. The molecule has 0 atom stereocenters. The molecule has 30 heavy (non-hydrogen) atoms. The first-order valence-corrected chi connectivity index (χ1v) is 9.55. The summed E-state index contributed by atoms with van der Waals surface area (Å²) in [5, 5.41) is 6.01. The summed E-state index contributed by atoms with van der Waals surface area (Å²) < 4.78 is 66.4. The lowest BCUT2D eigenvalue weighted by molar-refractivity contribution is -0.137. The summed E-state index contributed by atoms with van der Waals surface area (Å²) in [6, 6.07) is 5.23. The molecule has 2 aliphatic heterocycles. The van der Waals surface area contributed by atoms with Gasteiger partial charge in [-0.2, -0.15) is 13.2 Å². The van der Waals surface area contributed by atoms with Crippen molar-refractivity contribution in [1.29, 1.82) is 0 Å². The Hall–Kier alpha value is -2.75. The molecule has 0 unspecified atom stereocenters. The van der Waals surface area contributed by atoms with Crippen molar-refractivity contribution in [3.05, 3.63) is 47.7 Å². The smallest absolute Gasteiger partial charge is 0.350 e. The van der Waals surface area contributed by atoms with Gasteiger partial charge in [0.1, 0.15) is 17.5 Å². The Bertz CT molecular complexity index is 957. The third-order valence-electron chi connectivity index (χ3n) is 5.08. The van der Waals surface area contributed by atoms with Crippen molar-refractivity contribution >= 4 is 23.0 Å². The van der Waals surface area contributed by atoms with Gasteiger partial charge in [0.2, 0.25) is 0 Å². The molecule has 1 saturated heterocycles. The Kier molecular flexibility index (Phi) is 5.35. The molecular weight excluding hydrogens is 405 g/mol. The lowest BCUT2D eigenvalue weighted by Gasteiger charge is -2.21. The summed E-state index contributed by atoms with van der Waals surface area (Å²) in [4.78, 5) is 9.81. The van der Waals surface area contributed by atoms with Gasteiger partial charge in [-0.1, -0.05) is 6.08 Å². The minimum atomic E-state index is -4.50. The molecule has 2 aromatic rings. The minimum absolute atomic E-state index is 0.0218. The van der Waals surface area contributed by atoms with Crippen LogP contribution in [0.25, 0.3) is 5.57 Å². The summed E-state index contributed by atoms with van der Waals surface area (Å²) in [5.41, 5.74) is 0.992. The van der Waals surface area contributed by atoms with Crippen LogP contribution in [0.3, 0.4) is 0 Å². The third kappa shape index (κ3) is 4.69. The van der Waals surface area contributed by atoms with Crippen LogP contribution in [-0.2, 0) is 6.18 Å². The largest absolute Gasteiger partial charge is 0.416 e. The highest BCUT2D eigenvalue weighted by Crippen LogP contribution is 2.34. The van der Waals surface area contributed by atoms with Gasteiger partial charge in [0, 0.05) is 25.7 Å². The standard InChI is InChI=1S/C20H20F5N5/c21-19(22)4-8-30(12-19)18-10-14(13-1-5-26-6-2-13)9-17(29-18)28-16-11-15(3-7-27-16)20(23,24)25/h1,3,7,9-11,26H,2,4-6,8,12H2,(H,27,28,29). The molecule has 0 amide bonds. The van der Waals surface area contributed by atoms with E-state index in [1.807, 2.05) is 6.08 Å². The zero-order valence-corrected chi connectivity index (χ0v) is 15.9. The van der Waals surface area contributed by atoms with Crippen LogP contribution in [0.15, 0.2) is 36.5 Å². The van der Waals surface area contributed by atoms with Gasteiger partial charge in [-0.3, -0.25) is 0 Å². The summed E-state index contributed by atoms with van der Waals surface area (Å²) in [6.07, 6.45) is -0.940. The van der Waals surface area contributed by atoms with Crippen LogP contribution in [0.1, 0.15) is 24.0 Å². The van der Waals surface area contributed by atoms with Gasteiger partial charge in [0.05, 0.1) is 12.1 Å². The maximum Gasteiger partial charge on any atom is 0.416 e. The van der Waals surface area contributed by atoms with E-state index in [9.17, 15) is 22.0 Å². The monoisotopic (exact) mass is 425 g/mol. The molecule has 2 N–H and O–H groups in total. The van der Waals surface area contributed by atoms with Crippen LogP contribution >= 0.6 is 0 Å². The maximum atomic E-state index is 13.7. The first-order valence-electron chi connectivity index (χ1n) is 9.55. The number of nitrogens with zero attached hydrogens (tertiary/aromatic N) is 3. The molecule has 10 heteroatoms. The second-order valence-electron chi connectivity index (χ2n) is 7.36. The highest BCUT2D eigenvalue weighted by molar-refractivity contribution is 5.72. The molecule has 0 aliphatic carbocycles. The van der Waals surface area contributed by atoms with E-state index in [1.165, 1.54) is 4.90 Å². The molecule has 0 bridgehead atoms. The normalized spacial score (nSPS) is 19.0. The first-order chi connectivity index (χ1) is 14.2. The van der Waals surface area contributed by atoms with Crippen molar-refractivity contribution in [3.63, 3.8) is 0 Å². The number of aromatic nitrogens is 2. The van der Waals surface area contributed by atoms with E-state index in [0.717, 1.165) is 42.4 Å². The van der Waals surface area contributed by atoms with Gasteiger partial charge in [0.15, 0.2) is 0 Å². The Morgan fingerprint density at radius 1 is 1.13 bits per heavy atom. The molecule has 0 radical (unpaired) electrons. The molecule has 4 rings (SSSR count). The van der Waals surface area contributed by atoms with Gasteiger partial charge in [-0.25, -0.2) is 18.7 Å². The molecule has 1 fully saturated rings. The molecular formula is C20H20F5N5. The van der Waals surface area contributed by atoms with Crippen LogP contribution < -0.4 is 15.5 Å². The Morgan fingerprint density at radius 3 is 2.63 bits per heavy atom. The van der Waals surface area contributed by atoms with Gasteiger partial charge in [0.25, 0.3) is 5.92 Å². The number of alkyl halides is 5. The van der Waals surface area contributed by atoms with Crippen molar-refractivity contribution in [3.8, 4) is 0 Å². The van der Waals surface area contributed by atoms with Crippen LogP contribution in [0.4, 0.5) is 39.4 Å². The maximum absolute atomic E-state index is 13.7. The quantitative estimate of drug-likeness (QED) is 0.709. The van der Waals surface area contributed by atoms with Crippen molar-refractivity contribution in [2.24, 2.45) is 0 Å². The van der Waals surface area contributed by atoms with E-state index in [4.69, 9.17) is 0 Å². The highest BCUT2D eigenvalue weighted by Gasteiger charge is 2.39. The average molecular weight is 425 g/mol.